The van der Waals surface area contributed by atoms with Gasteiger partial charge in [0.1, 0.15) is 5.56 Å². The number of benzene rings is 1. The number of aromatic nitrogens is 1. The molecule has 1 atom stereocenters. The Kier molecular flexibility index (Phi) is 4.61. The zero-order valence-corrected chi connectivity index (χ0v) is 13.4. The largest absolute Gasteiger partial charge is 0.377 e. The van der Waals surface area contributed by atoms with Crippen molar-refractivity contribution in [3.05, 3.63) is 46.2 Å². The number of para-hydroxylation sites is 1. The zero-order valence-electron chi connectivity index (χ0n) is 13.4. The molecule has 3 rings (SSSR count). The summed E-state index contributed by atoms with van der Waals surface area (Å²) in [7, 11) is 0. The molecule has 1 fully saturated rings. The van der Waals surface area contributed by atoms with Gasteiger partial charge >= 0.3 is 0 Å². The lowest BCUT2D eigenvalue weighted by molar-refractivity contribution is -0.137. The highest BCUT2D eigenvalue weighted by atomic mass is 16.5. The first-order valence-corrected chi connectivity index (χ1v) is 7.84. The van der Waals surface area contributed by atoms with E-state index >= 15 is 0 Å². The van der Waals surface area contributed by atoms with Crippen molar-refractivity contribution in [2.24, 2.45) is 0 Å². The van der Waals surface area contributed by atoms with Crippen LogP contribution in [0.3, 0.4) is 0 Å². The van der Waals surface area contributed by atoms with Crippen LogP contribution >= 0.6 is 0 Å². The number of amides is 2. The third-order valence-electron chi connectivity index (χ3n) is 4.12. The molecule has 1 aliphatic rings. The van der Waals surface area contributed by atoms with Crippen LogP contribution in [0.15, 0.2) is 35.3 Å². The highest BCUT2D eigenvalue weighted by Gasteiger charge is 2.24. The first-order valence-electron chi connectivity index (χ1n) is 7.84. The van der Waals surface area contributed by atoms with Crippen molar-refractivity contribution in [3.8, 4) is 0 Å². The van der Waals surface area contributed by atoms with Gasteiger partial charge in [0.25, 0.3) is 5.91 Å². The molecule has 2 heterocycles. The molecule has 2 aromatic rings. The van der Waals surface area contributed by atoms with E-state index in [1.165, 1.54) is 6.20 Å². The molecule has 0 bridgehead atoms. The van der Waals surface area contributed by atoms with Gasteiger partial charge in [0, 0.05) is 23.6 Å². The molecule has 0 spiro atoms. The molecule has 0 radical (unpaired) electrons. The summed E-state index contributed by atoms with van der Waals surface area (Å²) in [6.07, 6.45) is 1.38. The van der Waals surface area contributed by atoms with Crippen LogP contribution in [0, 0.1) is 0 Å². The summed E-state index contributed by atoms with van der Waals surface area (Å²) in [5.74, 6) is -0.743. The number of H-pyrrole nitrogens is 1. The van der Waals surface area contributed by atoms with Crippen LogP contribution in [0.1, 0.15) is 17.3 Å². The summed E-state index contributed by atoms with van der Waals surface area (Å²) < 4.78 is 5.29. The Labute approximate surface area is 138 Å². The Balaban J connectivity index is 1.70. The van der Waals surface area contributed by atoms with Crippen molar-refractivity contribution in [1.82, 2.24) is 15.2 Å². The van der Waals surface area contributed by atoms with Gasteiger partial charge < -0.3 is 19.9 Å². The van der Waals surface area contributed by atoms with Gasteiger partial charge in [-0.3, -0.25) is 14.4 Å². The maximum Gasteiger partial charge on any atom is 0.257 e. The van der Waals surface area contributed by atoms with Crippen molar-refractivity contribution < 1.29 is 14.3 Å². The van der Waals surface area contributed by atoms with Gasteiger partial charge in [-0.25, -0.2) is 0 Å². The Morgan fingerprint density at radius 2 is 2.17 bits per heavy atom. The number of aromatic amines is 1. The predicted molar refractivity (Wildman–Crippen MR) is 88.9 cm³/mol. The van der Waals surface area contributed by atoms with Crippen LogP contribution in [0.5, 0.6) is 0 Å². The molecule has 1 saturated heterocycles. The zero-order chi connectivity index (χ0) is 17.1. The molecule has 7 nitrogen and oxygen atoms in total. The average molecular weight is 329 g/mol. The minimum atomic E-state index is -0.559. The number of fused-ring (bicyclic) bond motifs is 1. The number of pyridine rings is 1. The highest BCUT2D eigenvalue weighted by molar-refractivity contribution is 5.98. The van der Waals surface area contributed by atoms with Gasteiger partial charge in [-0.05, 0) is 19.1 Å². The molecule has 1 aromatic heterocycles. The van der Waals surface area contributed by atoms with Crippen molar-refractivity contribution in [1.29, 1.82) is 0 Å². The molecule has 0 unspecified atom stereocenters. The minimum Gasteiger partial charge on any atom is -0.377 e. The summed E-state index contributed by atoms with van der Waals surface area (Å²) >= 11 is 0. The van der Waals surface area contributed by atoms with Crippen molar-refractivity contribution >= 4 is 22.7 Å². The number of nitrogens with one attached hydrogen (secondary N) is 2. The first-order chi connectivity index (χ1) is 11.6. The molecule has 2 N–H and O–H groups in total. The van der Waals surface area contributed by atoms with Gasteiger partial charge in [0.15, 0.2) is 0 Å². The normalized spacial score (nSPS) is 17.7. The number of hydrogen-bond donors (Lipinski definition) is 2. The summed E-state index contributed by atoms with van der Waals surface area (Å²) in [4.78, 5) is 41.4. The number of rotatable bonds is 3. The molecule has 0 saturated carbocycles. The van der Waals surface area contributed by atoms with Crippen molar-refractivity contribution in [2.75, 3.05) is 26.3 Å². The summed E-state index contributed by atoms with van der Waals surface area (Å²) in [5.41, 5.74) is 0.308. The third-order valence-corrected chi connectivity index (χ3v) is 4.12. The number of ether oxygens (including phenoxy) is 1. The number of carbonyl (C=O) groups excluding carboxylic acids is 2. The topological polar surface area (TPSA) is 91.5 Å². The molecule has 24 heavy (non-hydrogen) atoms. The molecule has 7 heteroatoms. The van der Waals surface area contributed by atoms with Crippen LogP contribution < -0.4 is 10.7 Å². The first kappa shape index (κ1) is 16.2. The molecular weight excluding hydrogens is 310 g/mol. The number of morpholine rings is 1. The summed E-state index contributed by atoms with van der Waals surface area (Å²) in [6.45, 7) is 3.24. The van der Waals surface area contributed by atoms with E-state index in [2.05, 4.69) is 10.3 Å². The van der Waals surface area contributed by atoms with Crippen LogP contribution in [0.2, 0.25) is 0 Å². The molecule has 1 aromatic carbocycles. The molecule has 126 valence electrons. The highest BCUT2D eigenvalue weighted by Crippen LogP contribution is 2.08. The maximum absolute atomic E-state index is 12.4. The van der Waals surface area contributed by atoms with E-state index in [1.807, 2.05) is 6.92 Å². The Morgan fingerprint density at radius 1 is 1.38 bits per heavy atom. The van der Waals surface area contributed by atoms with E-state index in [4.69, 9.17) is 4.74 Å². The maximum atomic E-state index is 12.4. The van der Waals surface area contributed by atoms with E-state index < -0.39 is 5.91 Å². The van der Waals surface area contributed by atoms with E-state index in [1.54, 1.807) is 29.2 Å². The molecule has 1 aliphatic heterocycles. The van der Waals surface area contributed by atoms with E-state index in [0.717, 1.165) is 0 Å². The number of nitrogens with zero attached hydrogens (tertiary/aromatic N) is 1. The smallest absolute Gasteiger partial charge is 0.257 e. The van der Waals surface area contributed by atoms with Crippen molar-refractivity contribution in [2.45, 2.75) is 13.0 Å². The number of hydrogen-bond acceptors (Lipinski definition) is 4. The minimum absolute atomic E-state index is 0.00322. The fraction of sp³-hybridized carbons (Fsp3) is 0.353. The van der Waals surface area contributed by atoms with Gasteiger partial charge in [-0.1, -0.05) is 12.1 Å². The fourth-order valence-electron chi connectivity index (χ4n) is 2.79. The quantitative estimate of drug-likeness (QED) is 0.858. The van der Waals surface area contributed by atoms with Crippen LogP contribution in [0.25, 0.3) is 10.9 Å². The lowest BCUT2D eigenvalue weighted by atomic mass is 10.1. The number of carbonyl (C=O) groups is 2. The Morgan fingerprint density at radius 3 is 2.96 bits per heavy atom. The van der Waals surface area contributed by atoms with Crippen molar-refractivity contribution in [3.63, 3.8) is 0 Å². The van der Waals surface area contributed by atoms with Crippen LogP contribution in [-0.2, 0) is 9.53 Å². The van der Waals surface area contributed by atoms with E-state index in [9.17, 15) is 14.4 Å². The SMILES string of the molecule is C[C@@H]1COCCN1C(=O)CNC(=O)c1c[nH]c2ccccc2c1=O. The van der Waals surface area contributed by atoms with Crippen LogP contribution in [-0.4, -0.2) is 54.0 Å². The average Bonchev–Trinajstić information content (AvgIpc) is 2.60. The second-order valence-electron chi connectivity index (χ2n) is 5.77. The van der Waals surface area contributed by atoms with E-state index in [0.29, 0.717) is 30.7 Å². The van der Waals surface area contributed by atoms with Gasteiger partial charge in [0.2, 0.25) is 11.3 Å². The fourth-order valence-corrected chi connectivity index (χ4v) is 2.79. The van der Waals surface area contributed by atoms with Gasteiger partial charge in [0.05, 0.1) is 25.8 Å². The standard InChI is InChI=1S/C17H19N3O4/c1-11-10-24-7-6-20(11)15(21)9-19-17(23)13-8-18-14-5-3-2-4-12(14)16(13)22/h2-5,8,11H,6-7,9-10H2,1H3,(H,18,22)(H,19,23)/t11-/m1/s1. The van der Waals surface area contributed by atoms with E-state index in [-0.39, 0.29) is 29.5 Å². The summed E-state index contributed by atoms with van der Waals surface area (Å²) in [5, 5.41) is 2.97. The molecule has 2 amide bonds. The monoisotopic (exact) mass is 329 g/mol. The van der Waals surface area contributed by atoms with Crippen LogP contribution in [0.4, 0.5) is 0 Å². The second kappa shape index (κ2) is 6.84. The lowest BCUT2D eigenvalue weighted by Gasteiger charge is -2.33. The Hall–Kier alpha value is -2.67. The third kappa shape index (κ3) is 3.16. The molecule has 0 aliphatic carbocycles. The lowest BCUT2D eigenvalue weighted by Crippen LogP contribution is -2.50. The van der Waals surface area contributed by atoms with Gasteiger partial charge in [-0.2, -0.15) is 0 Å². The summed E-state index contributed by atoms with van der Waals surface area (Å²) in [6, 6.07) is 6.95. The predicted octanol–water partition coefficient (Wildman–Crippen LogP) is 0.505. The van der Waals surface area contributed by atoms with Gasteiger partial charge in [-0.15, -0.1) is 0 Å². The Bertz CT molecular complexity index is 830. The second-order valence-corrected chi connectivity index (χ2v) is 5.77. The molecular formula is C17H19N3O4.